The Kier molecular flexibility index (Phi) is 4.39. The number of carbonyl (C=O) groups excluding carboxylic acids is 1. The quantitative estimate of drug-likeness (QED) is 0.887. The Bertz CT molecular complexity index is 465. The van der Waals surface area contributed by atoms with Crippen molar-refractivity contribution in [2.45, 2.75) is 59.3 Å². The molecule has 19 heavy (non-hydrogen) atoms. The maximum atomic E-state index is 11.9. The van der Waals surface area contributed by atoms with Gasteiger partial charge in [0.25, 0.3) is 5.91 Å². The molecule has 1 amide bonds. The summed E-state index contributed by atoms with van der Waals surface area (Å²) in [6.45, 7) is 15.5. The normalized spacial score (nSPS) is 12.4. The predicted molar refractivity (Wildman–Crippen MR) is 79.6 cm³/mol. The van der Waals surface area contributed by atoms with Crippen LogP contribution >= 0.6 is 0 Å². The summed E-state index contributed by atoms with van der Waals surface area (Å²) in [6.07, 6.45) is 1.68. The van der Waals surface area contributed by atoms with Crippen molar-refractivity contribution in [2.75, 3.05) is 6.54 Å². The van der Waals surface area contributed by atoms with Gasteiger partial charge in [0.15, 0.2) is 0 Å². The number of aromatic nitrogens is 1. The van der Waals surface area contributed by atoms with Crippen molar-refractivity contribution < 1.29 is 4.79 Å². The fourth-order valence-corrected chi connectivity index (χ4v) is 2.02. The number of hydrogen-bond donors (Lipinski definition) is 1. The van der Waals surface area contributed by atoms with Crippen molar-refractivity contribution in [1.29, 1.82) is 0 Å². The molecule has 1 rings (SSSR count). The lowest BCUT2D eigenvalue weighted by Gasteiger charge is -2.29. The summed E-state index contributed by atoms with van der Waals surface area (Å²) in [4.78, 5) is 16.5. The molecule has 3 nitrogen and oxygen atoms in total. The number of hydrogen-bond acceptors (Lipinski definition) is 2. The average molecular weight is 262 g/mol. The van der Waals surface area contributed by atoms with Crippen LogP contribution in [0.25, 0.3) is 0 Å². The second-order valence-electron chi connectivity index (χ2n) is 6.98. The van der Waals surface area contributed by atoms with Crippen LogP contribution in [0.3, 0.4) is 0 Å². The van der Waals surface area contributed by atoms with Gasteiger partial charge in [-0.15, -0.1) is 0 Å². The third-order valence-corrected chi connectivity index (χ3v) is 3.01. The van der Waals surface area contributed by atoms with Crippen molar-refractivity contribution in [3.8, 4) is 0 Å². The van der Waals surface area contributed by atoms with Gasteiger partial charge >= 0.3 is 0 Å². The first-order chi connectivity index (χ1) is 8.57. The number of amides is 1. The highest BCUT2D eigenvalue weighted by atomic mass is 16.1. The zero-order valence-corrected chi connectivity index (χ0v) is 13.2. The van der Waals surface area contributed by atoms with Crippen molar-refractivity contribution in [1.82, 2.24) is 10.3 Å². The summed E-state index contributed by atoms with van der Waals surface area (Å²) in [5.74, 6) is -0.0547. The zero-order chi connectivity index (χ0) is 14.8. The minimum atomic E-state index is -0.0547. The SMILES string of the molecule is CCNC(=O)c1cnc(C(C)(C)C)c(C(C)(C)C)c1. The Balaban J connectivity index is 3.36. The molecule has 0 aliphatic carbocycles. The van der Waals surface area contributed by atoms with Gasteiger partial charge in [-0.25, -0.2) is 0 Å². The first kappa shape index (κ1) is 15.7. The Labute approximate surface area is 116 Å². The molecular formula is C16H26N2O. The number of nitrogens with zero attached hydrogens (tertiary/aromatic N) is 1. The van der Waals surface area contributed by atoms with Crippen molar-refractivity contribution >= 4 is 5.91 Å². The smallest absolute Gasteiger partial charge is 0.252 e. The van der Waals surface area contributed by atoms with Gasteiger partial charge in [-0.05, 0) is 24.0 Å². The van der Waals surface area contributed by atoms with E-state index in [9.17, 15) is 4.79 Å². The molecule has 0 aliphatic rings. The molecule has 0 bridgehead atoms. The van der Waals surface area contributed by atoms with Crippen LogP contribution in [0, 0.1) is 0 Å². The lowest BCUT2D eigenvalue weighted by Crippen LogP contribution is -2.27. The van der Waals surface area contributed by atoms with E-state index in [1.807, 2.05) is 13.0 Å². The molecular weight excluding hydrogens is 236 g/mol. The number of rotatable bonds is 2. The first-order valence-electron chi connectivity index (χ1n) is 6.86. The number of carbonyl (C=O) groups is 1. The van der Waals surface area contributed by atoms with E-state index in [0.29, 0.717) is 12.1 Å². The van der Waals surface area contributed by atoms with Crippen LogP contribution in [0.2, 0.25) is 0 Å². The molecule has 0 saturated carbocycles. The molecule has 106 valence electrons. The molecule has 0 aromatic carbocycles. The summed E-state index contributed by atoms with van der Waals surface area (Å²) in [5, 5.41) is 2.82. The summed E-state index contributed by atoms with van der Waals surface area (Å²) in [7, 11) is 0. The molecule has 0 aliphatic heterocycles. The van der Waals surface area contributed by atoms with Crippen LogP contribution in [0.1, 0.15) is 70.1 Å². The molecule has 0 unspecified atom stereocenters. The van der Waals surface area contributed by atoms with Crippen LogP contribution in [0.15, 0.2) is 12.3 Å². The van der Waals surface area contributed by atoms with Gasteiger partial charge in [-0.1, -0.05) is 41.5 Å². The van der Waals surface area contributed by atoms with Crippen LogP contribution in [-0.2, 0) is 10.8 Å². The second kappa shape index (κ2) is 5.32. The molecule has 1 aromatic rings. The van der Waals surface area contributed by atoms with Gasteiger partial charge in [0, 0.05) is 23.9 Å². The Hall–Kier alpha value is -1.38. The van der Waals surface area contributed by atoms with Gasteiger partial charge in [0.2, 0.25) is 0 Å². The van der Waals surface area contributed by atoms with Crippen LogP contribution in [-0.4, -0.2) is 17.4 Å². The van der Waals surface area contributed by atoms with E-state index in [-0.39, 0.29) is 16.7 Å². The van der Waals surface area contributed by atoms with Gasteiger partial charge < -0.3 is 5.32 Å². The van der Waals surface area contributed by atoms with Crippen molar-refractivity contribution in [3.05, 3.63) is 29.1 Å². The van der Waals surface area contributed by atoms with E-state index in [2.05, 4.69) is 51.8 Å². The Morgan fingerprint density at radius 1 is 1.16 bits per heavy atom. The van der Waals surface area contributed by atoms with E-state index in [1.165, 1.54) is 0 Å². The zero-order valence-electron chi connectivity index (χ0n) is 13.2. The molecule has 0 atom stereocenters. The van der Waals surface area contributed by atoms with Crippen molar-refractivity contribution in [3.63, 3.8) is 0 Å². The number of nitrogens with one attached hydrogen (secondary N) is 1. The summed E-state index contributed by atoms with van der Waals surface area (Å²) >= 11 is 0. The molecule has 1 heterocycles. The highest BCUT2D eigenvalue weighted by molar-refractivity contribution is 5.94. The maximum absolute atomic E-state index is 11.9. The monoisotopic (exact) mass is 262 g/mol. The largest absolute Gasteiger partial charge is 0.352 e. The number of pyridine rings is 1. The lowest BCUT2D eigenvalue weighted by atomic mass is 9.78. The minimum Gasteiger partial charge on any atom is -0.352 e. The molecule has 1 N–H and O–H groups in total. The Morgan fingerprint density at radius 3 is 2.16 bits per heavy atom. The third kappa shape index (κ3) is 3.79. The molecule has 0 fully saturated rings. The van der Waals surface area contributed by atoms with E-state index >= 15 is 0 Å². The first-order valence-corrected chi connectivity index (χ1v) is 6.86. The van der Waals surface area contributed by atoms with Crippen LogP contribution in [0.4, 0.5) is 0 Å². The maximum Gasteiger partial charge on any atom is 0.252 e. The average Bonchev–Trinajstić information content (AvgIpc) is 2.26. The van der Waals surface area contributed by atoms with Crippen LogP contribution < -0.4 is 5.32 Å². The molecule has 0 saturated heterocycles. The minimum absolute atomic E-state index is 0.0254. The predicted octanol–water partition coefficient (Wildman–Crippen LogP) is 3.43. The van der Waals surface area contributed by atoms with E-state index in [1.54, 1.807) is 6.20 Å². The van der Waals surface area contributed by atoms with E-state index < -0.39 is 0 Å². The van der Waals surface area contributed by atoms with Gasteiger partial charge in [0.1, 0.15) is 0 Å². The summed E-state index contributed by atoms with van der Waals surface area (Å²) in [5.41, 5.74) is 2.79. The van der Waals surface area contributed by atoms with Crippen LogP contribution in [0.5, 0.6) is 0 Å². The fraction of sp³-hybridized carbons (Fsp3) is 0.625. The molecule has 1 aromatic heterocycles. The van der Waals surface area contributed by atoms with E-state index in [4.69, 9.17) is 0 Å². The van der Waals surface area contributed by atoms with Gasteiger partial charge in [-0.3, -0.25) is 9.78 Å². The standard InChI is InChI=1S/C16H26N2O/c1-8-17-14(19)11-9-12(15(2,3)4)13(18-10-11)16(5,6)7/h9-10H,8H2,1-7H3,(H,17,19). The van der Waals surface area contributed by atoms with Crippen molar-refractivity contribution in [2.24, 2.45) is 0 Å². The summed E-state index contributed by atoms with van der Waals surface area (Å²) < 4.78 is 0. The summed E-state index contributed by atoms with van der Waals surface area (Å²) in [6, 6.07) is 1.98. The van der Waals surface area contributed by atoms with E-state index in [0.717, 1.165) is 11.3 Å². The van der Waals surface area contributed by atoms with Gasteiger partial charge in [-0.2, -0.15) is 0 Å². The van der Waals surface area contributed by atoms with Gasteiger partial charge in [0.05, 0.1) is 5.56 Å². The molecule has 0 spiro atoms. The highest BCUT2D eigenvalue weighted by Crippen LogP contribution is 2.32. The molecule has 0 radical (unpaired) electrons. The Morgan fingerprint density at radius 2 is 1.74 bits per heavy atom. The topological polar surface area (TPSA) is 42.0 Å². The second-order valence-corrected chi connectivity index (χ2v) is 6.98. The lowest BCUT2D eigenvalue weighted by molar-refractivity contribution is 0.0955. The fourth-order valence-electron chi connectivity index (χ4n) is 2.02. The highest BCUT2D eigenvalue weighted by Gasteiger charge is 2.27. The third-order valence-electron chi connectivity index (χ3n) is 3.01. The molecule has 3 heteroatoms.